The maximum absolute atomic E-state index is 12.9. The minimum Gasteiger partial charge on any atom is -0.356 e. The SMILES string of the molecule is C[C@@H]1CCN(C(=O)CSc2nnc(NCc3ccccc3)s2)c2ccccc2S1. The van der Waals surface area contributed by atoms with Crippen molar-refractivity contribution < 1.29 is 4.79 Å². The van der Waals surface area contributed by atoms with Crippen LogP contribution in [0.15, 0.2) is 63.8 Å². The summed E-state index contributed by atoms with van der Waals surface area (Å²) in [6, 6.07) is 18.4. The van der Waals surface area contributed by atoms with Crippen molar-refractivity contribution in [3.63, 3.8) is 0 Å². The first-order valence-electron chi connectivity index (χ1n) is 9.49. The van der Waals surface area contributed by atoms with Crippen LogP contribution < -0.4 is 10.2 Å². The Hall–Kier alpha value is -2.03. The molecule has 1 atom stereocenters. The zero-order chi connectivity index (χ0) is 20.1. The first-order valence-corrected chi connectivity index (χ1v) is 12.2. The van der Waals surface area contributed by atoms with Crippen molar-refractivity contribution in [2.45, 2.75) is 34.4 Å². The highest BCUT2D eigenvalue weighted by Crippen LogP contribution is 2.37. The van der Waals surface area contributed by atoms with E-state index in [1.807, 2.05) is 53.1 Å². The van der Waals surface area contributed by atoms with Crippen molar-refractivity contribution in [3.8, 4) is 0 Å². The molecule has 0 aliphatic carbocycles. The van der Waals surface area contributed by atoms with Gasteiger partial charge in [0.05, 0.1) is 11.4 Å². The van der Waals surface area contributed by atoms with Crippen LogP contribution in [0, 0.1) is 0 Å². The Labute approximate surface area is 183 Å². The summed E-state index contributed by atoms with van der Waals surface area (Å²) in [6.45, 7) is 3.68. The fourth-order valence-electron chi connectivity index (χ4n) is 3.06. The van der Waals surface area contributed by atoms with E-state index < -0.39 is 0 Å². The van der Waals surface area contributed by atoms with Crippen molar-refractivity contribution >= 4 is 51.6 Å². The number of nitrogens with one attached hydrogen (secondary N) is 1. The number of carbonyl (C=O) groups excluding carboxylic acids is 1. The van der Waals surface area contributed by atoms with E-state index in [2.05, 4.69) is 40.6 Å². The van der Waals surface area contributed by atoms with Gasteiger partial charge in [0.25, 0.3) is 0 Å². The van der Waals surface area contributed by atoms with Crippen LogP contribution in [0.25, 0.3) is 0 Å². The van der Waals surface area contributed by atoms with E-state index in [9.17, 15) is 4.79 Å². The summed E-state index contributed by atoms with van der Waals surface area (Å²) in [5.41, 5.74) is 2.22. The lowest BCUT2D eigenvalue weighted by atomic mass is 10.2. The van der Waals surface area contributed by atoms with Crippen LogP contribution >= 0.6 is 34.9 Å². The fraction of sp³-hybridized carbons (Fsp3) is 0.286. The number of hydrogen-bond acceptors (Lipinski definition) is 7. The van der Waals surface area contributed by atoms with Crippen molar-refractivity contribution in [2.75, 3.05) is 22.5 Å². The lowest BCUT2D eigenvalue weighted by Gasteiger charge is -2.22. The van der Waals surface area contributed by atoms with Crippen LogP contribution in [0.2, 0.25) is 0 Å². The van der Waals surface area contributed by atoms with E-state index >= 15 is 0 Å². The molecule has 1 aliphatic rings. The topological polar surface area (TPSA) is 58.1 Å². The van der Waals surface area contributed by atoms with Gasteiger partial charge in [0.2, 0.25) is 11.0 Å². The molecule has 4 rings (SSSR count). The van der Waals surface area contributed by atoms with Crippen molar-refractivity contribution in [2.24, 2.45) is 0 Å². The van der Waals surface area contributed by atoms with E-state index in [1.54, 1.807) is 0 Å². The van der Waals surface area contributed by atoms with Crippen molar-refractivity contribution in [3.05, 3.63) is 60.2 Å². The Kier molecular flexibility index (Phi) is 6.74. The van der Waals surface area contributed by atoms with Gasteiger partial charge < -0.3 is 10.2 Å². The summed E-state index contributed by atoms with van der Waals surface area (Å²) in [5, 5.41) is 13.0. The molecule has 1 amide bonds. The third kappa shape index (κ3) is 5.32. The number of anilines is 2. The Morgan fingerprint density at radius 2 is 1.97 bits per heavy atom. The largest absolute Gasteiger partial charge is 0.356 e. The second-order valence-corrected chi connectivity index (χ2v) is 10.4. The van der Waals surface area contributed by atoms with Gasteiger partial charge in [-0.2, -0.15) is 0 Å². The Morgan fingerprint density at radius 3 is 2.83 bits per heavy atom. The summed E-state index contributed by atoms with van der Waals surface area (Å²) in [5.74, 6) is 0.479. The second kappa shape index (κ2) is 9.65. The number of aromatic nitrogens is 2. The fourth-order valence-corrected chi connectivity index (χ4v) is 5.80. The number of carbonyl (C=O) groups is 1. The van der Waals surface area contributed by atoms with Gasteiger partial charge in [-0.15, -0.1) is 22.0 Å². The predicted octanol–water partition coefficient (Wildman–Crippen LogP) is 5.16. The Bertz CT molecular complexity index is 963. The molecule has 0 bridgehead atoms. The maximum atomic E-state index is 12.9. The molecule has 0 unspecified atom stereocenters. The highest BCUT2D eigenvalue weighted by Gasteiger charge is 2.24. The molecule has 0 fully saturated rings. The van der Waals surface area contributed by atoms with Gasteiger partial charge in [0, 0.05) is 23.2 Å². The van der Waals surface area contributed by atoms with Crippen LogP contribution in [-0.2, 0) is 11.3 Å². The van der Waals surface area contributed by atoms with Gasteiger partial charge in [-0.25, -0.2) is 0 Å². The number of rotatable bonds is 6. The van der Waals surface area contributed by atoms with E-state index in [4.69, 9.17) is 0 Å². The van der Waals surface area contributed by atoms with Gasteiger partial charge in [-0.1, -0.05) is 72.5 Å². The molecule has 1 aromatic heterocycles. The molecule has 5 nitrogen and oxygen atoms in total. The average Bonchev–Trinajstić information content (AvgIpc) is 3.13. The minimum atomic E-state index is 0.117. The van der Waals surface area contributed by atoms with Gasteiger partial charge >= 0.3 is 0 Å². The second-order valence-electron chi connectivity index (χ2n) is 6.73. The highest BCUT2D eigenvalue weighted by atomic mass is 32.2. The monoisotopic (exact) mass is 442 g/mol. The molecule has 8 heteroatoms. The zero-order valence-electron chi connectivity index (χ0n) is 16.1. The van der Waals surface area contributed by atoms with Crippen LogP contribution in [0.1, 0.15) is 18.9 Å². The molecular formula is C21H22N4OS3. The van der Waals surface area contributed by atoms with Crippen molar-refractivity contribution in [1.82, 2.24) is 10.2 Å². The van der Waals surface area contributed by atoms with Crippen LogP contribution in [0.3, 0.4) is 0 Å². The summed E-state index contributed by atoms with van der Waals surface area (Å²) in [4.78, 5) is 16.1. The van der Waals surface area contributed by atoms with Crippen molar-refractivity contribution in [1.29, 1.82) is 0 Å². The van der Waals surface area contributed by atoms with E-state index in [-0.39, 0.29) is 5.91 Å². The van der Waals surface area contributed by atoms with E-state index in [1.165, 1.54) is 33.6 Å². The number of para-hydroxylation sites is 1. The molecule has 2 heterocycles. The summed E-state index contributed by atoms with van der Waals surface area (Å²) >= 11 is 4.79. The number of fused-ring (bicyclic) bond motifs is 1. The molecule has 1 aliphatic heterocycles. The molecule has 0 saturated carbocycles. The third-order valence-corrected chi connectivity index (χ3v) is 7.79. The van der Waals surface area contributed by atoms with Gasteiger partial charge in [-0.05, 0) is 24.1 Å². The normalized spacial score (nSPS) is 16.2. The molecule has 150 valence electrons. The number of nitrogens with zero attached hydrogens (tertiary/aromatic N) is 3. The van der Waals surface area contributed by atoms with E-state index in [0.29, 0.717) is 17.5 Å². The van der Waals surface area contributed by atoms with Gasteiger partial charge in [0.1, 0.15) is 0 Å². The first kappa shape index (κ1) is 20.3. The molecule has 29 heavy (non-hydrogen) atoms. The maximum Gasteiger partial charge on any atom is 0.237 e. The zero-order valence-corrected chi connectivity index (χ0v) is 18.5. The first-order chi connectivity index (χ1) is 14.2. The highest BCUT2D eigenvalue weighted by molar-refractivity contribution is 8.01. The van der Waals surface area contributed by atoms with Crippen LogP contribution in [-0.4, -0.2) is 33.7 Å². The van der Waals surface area contributed by atoms with Gasteiger partial charge in [0.15, 0.2) is 4.34 Å². The molecule has 1 N–H and O–H groups in total. The molecule has 0 radical (unpaired) electrons. The summed E-state index contributed by atoms with van der Waals surface area (Å²) in [6.07, 6.45) is 0.988. The lowest BCUT2D eigenvalue weighted by Crippen LogP contribution is -2.33. The number of hydrogen-bond donors (Lipinski definition) is 1. The minimum absolute atomic E-state index is 0.117. The van der Waals surface area contributed by atoms with Crippen LogP contribution in [0.4, 0.5) is 10.8 Å². The summed E-state index contributed by atoms with van der Waals surface area (Å²) < 4.78 is 0.805. The Balaban J connectivity index is 1.35. The smallest absolute Gasteiger partial charge is 0.237 e. The number of benzene rings is 2. The molecule has 2 aromatic carbocycles. The quantitative estimate of drug-likeness (QED) is 0.532. The molecular weight excluding hydrogens is 420 g/mol. The standard InChI is InChI=1S/C21H22N4OS3/c1-15-11-12-25(17-9-5-6-10-18(17)28-15)19(26)14-27-21-24-23-20(29-21)22-13-16-7-3-2-4-8-16/h2-10,15H,11-14H2,1H3,(H,22,23)/t15-/m1/s1. The molecule has 3 aromatic rings. The van der Waals surface area contributed by atoms with Crippen LogP contribution in [0.5, 0.6) is 0 Å². The lowest BCUT2D eigenvalue weighted by molar-refractivity contribution is -0.116. The Morgan fingerprint density at radius 1 is 1.17 bits per heavy atom. The van der Waals surface area contributed by atoms with Gasteiger partial charge in [-0.3, -0.25) is 4.79 Å². The number of amides is 1. The predicted molar refractivity (Wildman–Crippen MR) is 123 cm³/mol. The third-order valence-electron chi connectivity index (χ3n) is 4.56. The average molecular weight is 443 g/mol. The molecule has 0 saturated heterocycles. The molecule has 0 spiro atoms. The van der Waals surface area contributed by atoms with E-state index in [0.717, 1.165) is 28.1 Å². The summed E-state index contributed by atoms with van der Waals surface area (Å²) in [7, 11) is 0. The number of thioether (sulfide) groups is 2.